The molecule has 0 saturated carbocycles. The highest BCUT2D eigenvalue weighted by atomic mass is 16.5. The Morgan fingerprint density at radius 3 is 2.76 bits per heavy atom. The Kier molecular flexibility index (Phi) is 2.73. The van der Waals surface area contributed by atoms with Crippen LogP contribution >= 0.6 is 0 Å². The second kappa shape index (κ2) is 4.38. The van der Waals surface area contributed by atoms with E-state index in [1.54, 1.807) is 0 Å². The molecule has 2 heteroatoms. The van der Waals surface area contributed by atoms with Gasteiger partial charge in [0.1, 0.15) is 11.9 Å². The highest BCUT2D eigenvalue weighted by Crippen LogP contribution is 2.28. The summed E-state index contributed by atoms with van der Waals surface area (Å²) in [6.07, 6.45) is 1.33. The molecule has 0 unspecified atom stereocenters. The molecule has 0 radical (unpaired) electrons. The highest BCUT2D eigenvalue weighted by molar-refractivity contribution is 5.85. The maximum atomic E-state index is 6.05. The average molecular weight is 227 g/mol. The van der Waals surface area contributed by atoms with Crippen LogP contribution in [-0.4, -0.2) is 12.6 Å². The number of fused-ring (bicyclic) bond motifs is 2. The molecule has 2 aromatic carbocycles. The van der Waals surface area contributed by atoms with E-state index < -0.39 is 0 Å². The predicted molar refractivity (Wildman–Crippen MR) is 70.4 cm³/mol. The zero-order chi connectivity index (χ0) is 11.7. The van der Waals surface area contributed by atoms with Crippen LogP contribution in [-0.2, 0) is 6.54 Å². The van der Waals surface area contributed by atoms with Crippen LogP contribution < -0.4 is 10.1 Å². The third kappa shape index (κ3) is 2.01. The van der Waals surface area contributed by atoms with Crippen LogP contribution in [0.15, 0.2) is 36.4 Å². The van der Waals surface area contributed by atoms with Crippen molar-refractivity contribution < 1.29 is 4.74 Å². The van der Waals surface area contributed by atoms with Crippen molar-refractivity contribution in [3.05, 3.63) is 42.0 Å². The molecule has 1 aliphatic heterocycles. The fourth-order valence-corrected chi connectivity index (χ4v) is 2.33. The smallest absolute Gasteiger partial charge is 0.124 e. The number of ether oxygens (including phenoxy) is 1. The summed E-state index contributed by atoms with van der Waals surface area (Å²) in [5.41, 5.74) is 1.26. The van der Waals surface area contributed by atoms with E-state index in [1.807, 2.05) is 0 Å². The first-order valence-electron chi connectivity index (χ1n) is 6.26. The van der Waals surface area contributed by atoms with Crippen LogP contribution in [0.1, 0.15) is 18.9 Å². The average Bonchev–Trinajstić information content (AvgIpc) is 2.57. The van der Waals surface area contributed by atoms with Gasteiger partial charge in [-0.15, -0.1) is 0 Å². The topological polar surface area (TPSA) is 21.3 Å². The molecule has 88 valence electrons. The van der Waals surface area contributed by atoms with E-state index in [2.05, 4.69) is 48.6 Å². The summed E-state index contributed by atoms with van der Waals surface area (Å²) in [5.74, 6) is 1.04. The zero-order valence-electron chi connectivity index (χ0n) is 10.1. The molecule has 0 spiro atoms. The fraction of sp³-hybridized carbons (Fsp3) is 0.333. The van der Waals surface area contributed by atoms with E-state index in [9.17, 15) is 0 Å². The molecule has 0 fully saturated rings. The van der Waals surface area contributed by atoms with Crippen LogP contribution in [0.5, 0.6) is 5.75 Å². The van der Waals surface area contributed by atoms with Crippen LogP contribution in [0.2, 0.25) is 0 Å². The summed E-state index contributed by atoms with van der Waals surface area (Å²) in [5, 5.41) is 5.98. The lowest BCUT2D eigenvalue weighted by atomic mass is 10.1. The van der Waals surface area contributed by atoms with E-state index in [1.165, 1.54) is 16.3 Å². The van der Waals surface area contributed by atoms with Gasteiger partial charge >= 0.3 is 0 Å². The molecule has 3 rings (SSSR count). The van der Waals surface area contributed by atoms with Crippen molar-refractivity contribution in [3.63, 3.8) is 0 Å². The van der Waals surface area contributed by atoms with Gasteiger partial charge in [0.15, 0.2) is 0 Å². The Morgan fingerprint density at radius 1 is 1.24 bits per heavy atom. The summed E-state index contributed by atoms with van der Waals surface area (Å²) >= 11 is 0. The molecule has 1 atom stereocenters. The molecular weight excluding hydrogens is 210 g/mol. The van der Waals surface area contributed by atoms with Crippen molar-refractivity contribution in [3.8, 4) is 5.75 Å². The first-order valence-corrected chi connectivity index (χ1v) is 6.26. The molecule has 0 aliphatic carbocycles. The summed E-state index contributed by atoms with van der Waals surface area (Å²) in [4.78, 5) is 0. The van der Waals surface area contributed by atoms with Gasteiger partial charge in [-0.05, 0) is 29.3 Å². The SMILES string of the molecule is CC[C@@H]1CNCc2cc3ccccc3cc2O1. The van der Waals surface area contributed by atoms with Crippen molar-refractivity contribution in [2.24, 2.45) is 0 Å². The number of rotatable bonds is 1. The Hall–Kier alpha value is -1.54. The summed E-state index contributed by atoms with van der Waals surface area (Å²) in [7, 11) is 0. The summed E-state index contributed by atoms with van der Waals surface area (Å²) in [6.45, 7) is 4.00. The largest absolute Gasteiger partial charge is 0.489 e. The molecule has 1 N–H and O–H groups in total. The number of hydrogen-bond donors (Lipinski definition) is 1. The van der Waals surface area contributed by atoms with E-state index in [0.29, 0.717) is 0 Å². The Labute approximate surface area is 102 Å². The van der Waals surface area contributed by atoms with E-state index in [0.717, 1.165) is 25.3 Å². The minimum atomic E-state index is 0.289. The molecular formula is C15H17NO. The van der Waals surface area contributed by atoms with Gasteiger partial charge in [0.25, 0.3) is 0 Å². The zero-order valence-corrected chi connectivity index (χ0v) is 10.1. The first-order chi connectivity index (χ1) is 8.36. The molecule has 1 heterocycles. The van der Waals surface area contributed by atoms with E-state index >= 15 is 0 Å². The van der Waals surface area contributed by atoms with E-state index in [4.69, 9.17) is 4.74 Å². The maximum Gasteiger partial charge on any atom is 0.124 e. The van der Waals surface area contributed by atoms with Crippen molar-refractivity contribution in [2.75, 3.05) is 6.54 Å². The standard InChI is InChI=1S/C15H17NO/c1-2-14-10-16-9-13-7-11-5-3-4-6-12(11)8-15(13)17-14/h3-8,14,16H,2,9-10H2,1H3/t14-/m1/s1. The molecule has 0 aromatic heterocycles. The minimum absolute atomic E-state index is 0.289. The quantitative estimate of drug-likeness (QED) is 0.808. The summed E-state index contributed by atoms with van der Waals surface area (Å²) < 4.78 is 6.05. The van der Waals surface area contributed by atoms with Gasteiger partial charge in [-0.25, -0.2) is 0 Å². The van der Waals surface area contributed by atoms with Crippen LogP contribution in [0.3, 0.4) is 0 Å². The number of benzene rings is 2. The predicted octanol–water partition coefficient (Wildman–Crippen LogP) is 3.10. The minimum Gasteiger partial charge on any atom is -0.489 e. The molecule has 17 heavy (non-hydrogen) atoms. The van der Waals surface area contributed by atoms with Crippen molar-refractivity contribution in [2.45, 2.75) is 26.0 Å². The third-order valence-electron chi connectivity index (χ3n) is 3.37. The number of hydrogen-bond acceptors (Lipinski definition) is 2. The van der Waals surface area contributed by atoms with Crippen molar-refractivity contribution in [1.82, 2.24) is 5.32 Å². The Morgan fingerprint density at radius 2 is 2.00 bits per heavy atom. The van der Waals surface area contributed by atoms with Crippen molar-refractivity contribution in [1.29, 1.82) is 0 Å². The van der Waals surface area contributed by atoms with Crippen LogP contribution in [0, 0.1) is 0 Å². The molecule has 2 nitrogen and oxygen atoms in total. The van der Waals surface area contributed by atoms with E-state index in [-0.39, 0.29) is 6.10 Å². The van der Waals surface area contributed by atoms with Gasteiger partial charge in [-0.1, -0.05) is 31.2 Å². The molecule has 0 saturated heterocycles. The van der Waals surface area contributed by atoms with Gasteiger partial charge in [-0.3, -0.25) is 0 Å². The Balaban J connectivity index is 2.09. The monoisotopic (exact) mass is 227 g/mol. The van der Waals surface area contributed by atoms with Crippen molar-refractivity contribution >= 4 is 10.8 Å². The fourth-order valence-electron chi connectivity index (χ4n) is 2.33. The highest BCUT2D eigenvalue weighted by Gasteiger charge is 2.16. The molecule has 2 aromatic rings. The Bertz CT molecular complexity index is 535. The normalized spacial score (nSPS) is 19.5. The lowest BCUT2D eigenvalue weighted by Gasteiger charge is -2.15. The van der Waals surface area contributed by atoms with Gasteiger partial charge in [0.2, 0.25) is 0 Å². The van der Waals surface area contributed by atoms with Crippen LogP contribution in [0.25, 0.3) is 10.8 Å². The first kappa shape index (κ1) is 10.6. The number of nitrogens with one attached hydrogen (secondary N) is 1. The summed E-state index contributed by atoms with van der Waals surface area (Å²) in [6, 6.07) is 12.8. The van der Waals surface area contributed by atoms with Gasteiger partial charge in [0, 0.05) is 18.7 Å². The van der Waals surface area contributed by atoms with Gasteiger partial charge in [-0.2, -0.15) is 0 Å². The lowest BCUT2D eigenvalue weighted by molar-refractivity contribution is 0.202. The molecule has 0 bridgehead atoms. The second-order valence-corrected chi connectivity index (χ2v) is 4.59. The third-order valence-corrected chi connectivity index (χ3v) is 3.37. The van der Waals surface area contributed by atoms with Crippen LogP contribution in [0.4, 0.5) is 0 Å². The lowest BCUT2D eigenvalue weighted by Crippen LogP contribution is -2.27. The maximum absolute atomic E-state index is 6.05. The second-order valence-electron chi connectivity index (χ2n) is 4.59. The molecule has 0 amide bonds. The van der Waals surface area contributed by atoms with Gasteiger partial charge < -0.3 is 10.1 Å². The van der Waals surface area contributed by atoms with Gasteiger partial charge in [0.05, 0.1) is 0 Å². The molecule has 1 aliphatic rings.